The molecule has 0 heterocycles. The smallest absolute Gasteiger partial charge is 0.344 e. The van der Waals surface area contributed by atoms with Gasteiger partial charge in [-0.25, -0.2) is 13.7 Å². The van der Waals surface area contributed by atoms with Gasteiger partial charge in [-0.3, -0.25) is 0 Å². The van der Waals surface area contributed by atoms with Gasteiger partial charge < -0.3 is 9.47 Å². The van der Waals surface area contributed by atoms with Gasteiger partial charge in [-0.2, -0.15) is 0 Å². The van der Waals surface area contributed by atoms with Gasteiger partial charge in [0.15, 0.2) is 6.61 Å². The molecule has 0 bridgehead atoms. The Hall–Kier alpha value is -2.96. The van der Waals surface area contributed by atoms with Crippen molar-refractivity contribution in [1.82, 2.24) is 4.72 Å². The lowest BCUT2D eigenvalue weighted by Gasteiger charge is -2.22. The third kappa shape index (κ3) is 7.82. The number of fused-ring (bicyclic) bond motifs is 1. The van der Waals surface area contributed by atoms with Gasteiger partial charge in [-0.1, -0.05) is 75.2 Å². The lowest BCUT2D eigenvalue weighted by molar-refractivity contribution is -0.157. The molecule has 6 heteroatoms. The molecule has 214 valence electrons. The number of hydrogen-bond donors (Lipinski definition) is 1. The van der Waals surface area contributed by atoms with E-state index in [-0.39, 0.29) is 18.1 Å². The van der Waals surface area contributed by atoms with E-state index in [1.807, 2.05) is 45.0 Å². The first-order valence-corrected chi connectivity index (χ1v) is 15.3. The standard InChI is InChI=1S/C34H43NO4S/c1-23-19-25(21-26(20-23)33(2,3)4)24-15-17-27(18-16-24)40(37)35-30-13-9-8-11-29-28(30)12-10-14-31(29)38-22-32(36)39-34(5,6)7/h10,12,14-21,30,35H,8-9,11,13,22H2,1-7H3. The zero-order chi connectivity index (χ0) is 29.1. The van der Waals surface area contributed by atoms with E-state index in [1.54, 1.807) is 0 Å². The number of carbonyl (C=O) groups excluding carboxylic acids is 1. The minimum atomic E-state index is -1.38. The molecule has 2 atom stereocenters. The average molecular weight is 562 g/mol. The van der Waals surface area contributed by atoms with Crippen LogP contribution in [0.1, 0.15) is 89.1 Å². The molecule has 0 radical (unpaired) electrons. The average Bonchev–Trinajstić information content (AvgIpc) is 3.08. The SMILES string of the molecule is Cc1cc(-c2ccc(S(=O)NC3CCCCc4c(OCC(=O)OC(C)(C)C)cccc43)cc2)cc(C(C)(C)C)c1. The fourth-order valence-corrected chi connectivity index (χ4v) is 6.12. The van der Waals surface area contributed by atoms with Gasteiger partial charge in [0, 0.05) is 6.04 Å². The van der Waals surface area contributed by atoms with Crippen LogP contribution in [-0.2, 0) is 32.4 Å². The molecule has 0 saturated carbocycles. The Bertz CT molecular complexity index is 1370. The van der Waals surface area contributed by atoms with Crippen molar-refractivity contribution in [3.05, 3.63) is 82.9 Å². The molecular weight excluding hydrogens is 518 g/mol. The predicted molar refractivity (Wildman–Crippen MR) is 163 cm³/mol. The van der Waals surface area contributed by atoms with Gasteiger partial charge in [0.1, 0.15) is 22.3 Å². The Morgan fingerprint density at radius 2 is 1.68 bits per heavy atom. The minimum Gasteiger partial charge on any atom is -0.482 e. The van der Waals surface area contributed by atoms with E-state index in [2.05, 4.69) is 68.8 Å². The first-order valence-electron chi connectivity index (χ1n) is 14.2. The van der Waals surface area contributed by atoms with Crippen LogP contribution in [0.4, 0.5) is 0 Å². The third-order valence-electron chi connectivity index (χ3n) is 7.07. The summed E-state index contributed by atoms with van der Waals surface area (Å²) in [5, 5.41) is 0. The normalized spacial score (nSPS) is 16.5. The summed E-state index contributed by atoms with van der Waals surface area (Å²) in [7, 11) is -1.38. The van der Waals surface area contributed by atoms with Crippen molar-refractivity contribution in [3.63, 3.8) is 0 Å². The first-order chi connectivity index (χ1) is 18.8. The predicted octanol–water partition coefficient (Wildman–Crippen LogP) is 7.76. The molecule has 5 nitrogen and oxygen atoms in total. The Morgan fingerprint density at radius 1 is 0.950 bits per heavy atom. The zero-order valence-electron chi connectivity index (χ0n) is 24.9. The highest BCUT2D eigenvalue weighted by Gasteiger charge is 2.24. The van der Waals surface area contributed by atoms with Crippen molar-refractivity contribution in [2.45, 2.75) is 96.1 Å². The Labute approximate surface area is 242 Å². The third-order valence-corrected chi connectivity index (χ3v) is 8.27. The molecule has 3 aromatic carbocycles. The maximum Gasteiger partial charge on any atom is 0.344 e. The van der Waals surface area contributed by atoms with Gasteiger partial charge in [-0.15, -0.1) is 0 Å². The van der Waals surface area contributed by atoms with Crippen molar-refractivity contribution in [2.24, 2.45) is 0 Å². The van der Waals surface area contributed by atoms with Gasteiger partial charge in [0.25, 0.3) is 0 Å². The highest BCUT2D eigenvalue weighted by molar-refractivity contribution is 7.83. The lowest BCUT2D eigenvalue weighted by atomic mass is 9.84. The summed E-state index contributed by atoms with van der Waals surface area (Å²) < 4.78 is 28.2. The topological polar surface area (TPSA) is 64.6 Å². The maximum absolute atomic E-state index is 13.5. The Kier molecular flexibility index (Phi) is 9.21. The lowest BCUT2D eigenvalue weighted by Crippen LogP contribution is -2.27. The number of carbonyl (C=O) groups is 1. The molecule has 40 heavy (non-hydrogen) atoms. The number of aryl methyl sites for hydroxylation is 1. The summed E-state index contributed by atoms with van der Waals surface area (Å²) in [6.07, 6.45) is 3.75. The maximum atomic E-state index is 13.5. The summed E-state index contributed by atoms with van der Waals surface area (Å²) in [6, 6.07) is 20.6. The van der Waals surface area contributed by atoms with Gasteiger partial charge in [0.2, 0.25) is 0 Å². The van der Waals surface area contributed by atoms with E-state index in [0.717, 1.165) is 47.3 Å². The summed E-state index contributed by atoms with van der Waals surface area (Å²) in [6.45, 7) is 14.2. The number of ether oxygens (including phenoxy) is 2. The molecule has 0 aromatic heterocycles. The van der Waals surface area contributed by atoms with Crippen molar-refractivity contribution in [3.8, 4) is 16.9 Å². The van der Waals surface area contributed by atoms with Crippen LogP contribution in [0, 0.1) is 6.92 Å². The zero-order valence-corrected chi connectivity index (χ0v) is 25.7. The summed E-state index contributed by atoms with van der Waals surface area (Å²) >= 11 is 0. The highest BCUT2D eigenvalue weighted by atomic mass is 32.2. The number of nitrogens with one attached hydrogen (secondary N) is 1. The van der Waals surface area contributed by atoms with Crippen LogP contribution in [0.25, 0.3) is 11.1 Å². The fraction of sp³-hybridized carbons (Fsp3) is 0.441. The molecule has 0 saturated heterocycles. The number of benzene rings is 3. The van der Waals surface area contributed by atoms with Gasteiger partial charge in [0.05, 0.1) is 4.90 Å². The summed E-state index contributed by atoms with van der Waals surface area (Å²) in [5.41, 5.74) is 6.49. The molecular formula is C34H43NO4S. The molecule has 1 aliphatic rings. The van der Waals surface area contributed by atoms with Crippen molar-refractivity contribution in [2.75, 3.05) is 6.61 Å². The minimum absolute atomic E-state index is 0.0712. The molecule has 1 N–H and O–H groups in total. The summed E-state index contributed by atoms with van der Waals surface area (Å²) in [5.74, 6) is 0.304. The summed E-state index contributed by atoms with van der Waals surface area (Å²) in [4.78, 5) is 13.0. The second kappa shape index (κ2) is 12.3. The van der Waals surface area contributed by atoms with Crippen LogP contribution in [0.2, 0.25) is 0 Å². The van der Waals surface area contributed by atoms with Crippen molar-refractivity contribution in [1.29, 1.82) is 0 Å². The molecule has 0 spiro atoms. The van der Waals surface area contributed by atoms with Crippen LogP contribution >= 0.6 is 0 Å². The van der Waals surface area contributed by atoms with Crippen LogP contribution in [0.3, 0.4) is 0 Å². The Morgan fingerprint density at radius 3 is 2.35 bits per heavy atom. The second-order valence-corrected chi connectivity index (χ2v) is 14.0. The molecule has 3 aromatic rings. The quantitative estimate of drug-likeness (QED) is 0.237. The molecule has 4 rings (SSSR count). The van der Waals surface area contributed by atoms with Crippen LogP contribution in [0.15, 0.2) is 65.6 Å². The molecule has 0 aliphatic heterocycles. The van der Waals surface area contributed by atoms with E-state index < -0.39 is 22.6 Å². The second-order valence-electron chi connectivity index (χ2n) is 12.7. The van der Waals surface area contributed by atoms with Gasteiger partial charge >= 0.3 is 5.97 Å². The molecule has 0 fully saturated rings. The molecule has 0 amide bonds. The van der Waals surface area contributed by atoms with E-state index >= 15 is 0 Å². The number of hydrogen-bond acceptors (Lipinski definition) is 4. The van der Waals surface area contributed by atoms with E-state index in [0.29, 0.717) is 5.75 Å². The van der Waals surface area contributed by atoms with Crippen molar-refractivity contribution >= 4 is 17.0 Å². The molecule has 2 unspecified atom stereocenters. The fourth-order valence-electron chi connectivity index (χ4n) is 5.10. The van der Waals surface area contributed by atoms with Crippen LogP contribution in [0.5, 0.6) is 5.75 Å². The molecule has 1 aliphatic carbocycles. The van der Waals surface area contributed by atoms with Gasteiger partial charge in [-0.05, 0) is 98.4 Å². The number of esters is 1. The highest BCUT2D eigenvalue weighted by Crippen LogP contribution is 2.35. The first kappa shape index (κ1) is 30.0. The van der Waals surface area contributed by atoms with Crippen LogP contribution < -0.4 is 9.46 Å². The van der Waals surface area contributed by atoms with Crippen LogP contribution in [-0.4, -0.2) is 22.4 Å². The Balaban J connectivity index is 1.49. The van der Waals surface area contributed by atoms with Crippen molar-refractivity contribution < 1.29 is 18.5 Å². The van der Waals surface area contributed by atoms with E-state index in [4.69, 9.17) is 9.47 Å². The monoisotopic (exact) mass is 561 g/mol. The largest absolute Gasteiger partial charge is 0.482 e. The van der Waals surface area contributed by atoms with E-state index in [9.17, 15) is 9.00 Å². The van der Waals surface area contributed by atoms with E-state index in [1.165, 1.54) is 16.7 Å². The number of rotatable bonds is 7.